The Labute approximate surface area is 147 Å². The molecule has 7 heteroatoms. The highest BCUT2D eigenvalue weighted by molar-refractivity contribution is 5.50. The summed E-state index contributed by atoms with van der Waals surface area (Å²) in [6.07, 6.45) is -0.824. The van der Waals surface area contributed by atoms with Crippen LogP contribution < -0.4 is 16.6 Å². The Morgan fingerprint density at radius 2 is 1.73 bits per heavy atom. The molecule has 0 radical (unpaired) electrons. The van der Waals surface area contributed by atoms with Crippen molar-refractivity contribution >= 4 is 5.82 Å². The molecule has 1 aliphatic heterocycles. The second kappa shape index (κ2) is 6.27. The fraction of sp³-hybridized carbons (Fsp3) is 0.158. The first kappa shape index (κ1) is 16.3. The topological polar surface area (TPSA) is 87.1 Å². The molecule has 2 heterocycles. The summed E-state index contributed by atoms with van der Waals surface area (Å²) in [5.41, 5.74) is 0.136. The van der Waals surface area contributed by atoms with Crippen molar-refractivity contribution < 1.29 is 9.50 Å². The Morgan fingerprint density at radius 1 is 1.04 bits per heavy atom. The SMILES string of the molecule is O=c1[nH]c2c(c(=O)n1-c1ccccc1)C(O)C[C@H](c1ccc(F)cc1)N2. The first-order valence-electron chi connectivity index (χ1n) is 8.19. The summed E-state index contributed by atoms with van der Waals surface area (Å²) in [6.45, 7) is 0. The van der Waals surface area contributed by atoms with Gasteiger partial charge in [-0.15, -0.1) is 0 Å². The van der Waals surface area contributed by atoms with Gasteiger partial charge in [0.25, 0.3) is 5.56 Å². The summed E-state index contributed by atoms with van der Waals surface area (Å²) in [4.78, 5) is 27.9. The lowest BCUT2D eigenvalue weighted by atomic mass is 9.93. The molecule has 0 amide bonds. The van der Waals surface area contributed by atoms with Crippen LogP contribution in [0.1, 0.15) is 29.7 Å². The van der Waals surface area contributed by atoms with E-state index in [4.69, 9.17) is 0 Å². The summed E-state index contributed by atoms with van der Waals surface area (Å²) in [6, 6.07) is 14.0. The van der Waals surface area contributed by atoms with Crippen LogP contribution in [0, 0.1) is 5.82 Å². The minimum atomic E-state index is -1.05. The first-order chi connectivity index (χ1) is 12.5. The van der Waals surface area contributed by atoms with Gasteiger partial charge < -0.3 is 10.4 Å². The van der Waals surface area contributed by atoms with E-state index in [0.29, 0.717) is 5.69 Å². The normalized spacial score (nSPS) is 18.8. The Balaban J connectivity index is 1.80. The number of nitrogens with zero attached hydrogens (tertiary/aromatic N) is 1. The van der Waals surface area contributed by atoms with Crippen LogP contribution in [0.5, 0.6) is 0 Å². The third-order valence-electron chi connectivity index (χ3n) is 4.54. The van der Waals surface area contributed by atoms with Gasteiger partial charge in [-0.1, -0.05) is 30.3 Å². The molecule has 2 atom stereocenters. The van der Waals surface area contributed by atoms with Gasteiger partial charge >= 0.3 is 5.69 Å². The highest BCUT2D eigenvalue weighted by Gasteiger charge is 2.31. The fourth-order valence-corrected chi connectivity index (χ4v) is 3.27. The van der Waals surface area contributed by atoms with E-state index in [1.165, 1.54) is 12.1 Å². The lowest BCUT2D eigenvalue weighted by Gasteiger charge is -2.30. The monoisotopic (exact) mass is 353 g/mol. The minimum Gasteiger partial charge on any atom is -0.388 e. The summed E-state index contributed by atoms with van der Waals surface area (Å²) in [5, 5.41) is 13.6. The molecule has 132 valence electrons. The van der Waals surface area contributed by atoms with E-state index < -0.39 is 17.4 Å². The maximum Gasteiger partial charge on any atom is 0.334 e. The molecule has 1 unspecified atom stereocenters. The van der Waals surface area contributed by atoms with Crippen molar-refractivity contribution in [3.63, 3.8) is 0 Å². The molecule has 4 rings (SSSR count). The largest absolute Gasteiger partial charge is 0.388 e. The van der Waals surface area contributed by atoms with Crippen molar-refractivity contribution in [2.75, 3.05) is 5.32 Å². The maximum atomic E-state index is 13.1. The molecule has 0 spiro atoms. The highest BCUT2D eigenvalue weighted by atomic mass is 19.1. The number of aromatic amines is 1. The van der Waals surface area contributed by atoms with E-state index in [-0.39, 0.29) is 29.7 Å². The van der Waals surface area contributed by atoms with E-state index in [0.717, 1.165) is 10.1 Å². The molecule has 6 nitrogen and oxygen atoms in total. The molecule has 1 aliphatic rings. The zero-order valence-electron chi connectivity index (χ0n) is 13.6. The van der Waals surface area contributed by atoms with E-state index in [1.54, 1.807) is 42.5 Å². The number of rotatable bonds is 2. The zero-order valence-corrected chi connectivity index (χ0v) is 13.6. The first-order valence-corrected chi connectivity index (χ1v) is 8.19. The summed E-state index contributed by atoms with van der Waals surface area (Å²) >= 11 is 0. The number of aliphatic hydroxyl groups is 1. The predicted molar refractivity (Wildman–Crippen MR) is 95.0 cm³/mol. The van der Waals surface area contributed by atoms with Gasteiger partial charge in [-0.3, -0.25) is 9.78 Å². The van der Waals surface area contributed by atoms with Gasteiger partial charge in [0, 0.05) is 6.42 Å². The number of H-pyrrole nitrogens is 1. The van der Waals surface area contributed by atoms with Crippen LogP contribution in [0.15, 0.2) is 64.2 Å². The summed E-state index contributed by atoms with van der Waals surface area (Å²) < 4.78 is 14.1. The average molecular weight is 353 g/mol. The molecule has 0 saturated carbocycles. The predicted octanol–water partition coefficient (Wildman–Crippen LogP) is 2.26. The molecule has 0 aliphatic carbocycles. The van der Waals surface area contributed by atoms with Crippen molar-refractivity contribution in [2.24, 2.45) is 0 Å². The molecule has 3 aromatic rings. The van der Waals surface area contributed by atoms with Crippen molar-refractivity contribution in [2.45, 2.75) is 18.6 Å². The standard InChI is InChI=1S/C19H16FN3O3/c20-12-8-6-11(7-9-12)14-10-15(24)16-17(21-14)22-19(26)23(18(16)25)13-4-2-1-3-5-13/h1-9,14-15,21,24H,10H2,(H,22,26)/t14-,15?/m1/s1. The van der Waals surface area contributed by atoms with Crippen LogP contribution >= 0.6 is 0 Å². The van der Waals surface area contributed by atoms with Gasteiger partial charge in [0.05, 0.1) is 23.4 Å². The molecule has 0 saturated heterocycles. The number of nitrogens with one attached hydrogen (secondary N) is 2. The maximum absolute atomic E-state index is 13.1. The Kier molecular flexibility index (Phi) is 3.93. The summed E-state index contributed by atoms with van der Waals surface area (Å²) in [5.74, 6) is -0.162. The number of anilines is 1. The van der Waals surface area contributed by atoms with Crippen molar-refractivity contribution in [1.82, 2.24) is 9.55 Å². The van der Waals surface area contributed by atoms with E-state index in [1.807, 2.05) is 0 Å². The number of aliphatic hydroxyl groups excluding tert-OH is 1. The second-order valence-electron chi connectivity index (χ2n) is 6.19. The van der Waals surface area contributed by atoms with Gasteiger partial charge in [0.15, 0.2) is 0 Å². The Bertz CT molecular complexity index is 1060. The third-order valence-corrected chi connectivity index (χ3v) is 4.54. The van der Waals surface area contributed by atoms with Crippen LogP contribution in [-0.4, -0.2) is 14.7 Å². The molecule has 26 heavy (non-hydrogen) atoms. The molecule has 3 N–H and O–H groups in total. The number of para-hydroxylation sites is 1. The number of fused-ring (bicyclic) bond motifs is 1. The number of halogens is 1. The average Bonchev–Trinajstić information content (AvgIpc) is 2.62. The number of aromatic nitrogens is 2. The van der Waals surface area contributed by atoms with Gasteiger partial charge in [-0.05, 0) is 29.8 Å². The zero-order chi connectivity index (χ0) is 18.3. The molecule has 0 bridgehead atoms. The van der Waals surface area contributed by atoms with Crippen molar-refractivity contribution in [3.05, 3.63) is 92.4 Å². The Morgan fingerprint density at radius 3 is 2.42 bits per heavy atom. The smallest absolute Gasteiger partial charge is 0.334 e. The molecular weight excluding hydrogens is 337 g/mol. The quantitative estimate of drug-likeness (QED) is 0.659. The van der Waals surface area contributed by atoms with E-state index >= 15 is 0 Å². The molecular formula is C19H16FN3O3. The van der Waals surface area contributed by atoms with Crippen molar-refractivity contribution in [1.29, 1.82) is 0 Å². The number of benzene rings is 2. The lowest BCUT2D eigenvalue weighted by Crippen LogP contribution is -2.40. The third kappa shape index (κ3) is 2.72. The van der Waals surface area contributed by atoms with Gasteiger partial charge in [0.1, 0.15) is 11.6 Å². The van der Waals surface area contributed by atoms with Crippen LogP contribution in [0.4, 0.5) is 10.2 Å². The molecule has 2 aromatic carbocycles. The number of hydrogen-bond acceptors (Lipinski definition) is 4. The van der Waals surface area contributed by atoms with E-state index in [2.05, 4.69) is 10.3 Å². The van der Waals surface area contributed by atoms with Gasteiger partial charge in [0.2, 0.25) is 0 Å². The fourth-order valence-electron chi connectivity index (χ4n) is 3.27. The second-order valence-corrected chi connectivity index (χ2v) is 6.19. The Hall–Kier alpha value is -3.19. The van der Waals surface area contributed by atoms with E-state index in [9.17, 15) is 19.1 Å². The molecule has 0 fully saturated rings. The minimum absolute atomic E-state index is 0.117. The highest BCUT2D eigenvalue weighted by Crippen LogP contribution is 2.35. The lowest BCUT2D eigenvalue weighted by molar-refractivity contribution is 0.153. The molecule has 1 aromatic heterocycles. The summed E-state index contributed by atoms with van der Waals surface area (Å²) in [7, 11) is 0. The van der Waals surface area contributed by atoms with Crippen LogP contribution in [-0.2, 0) is 0 Å². The van der Waals surface area contributed by atoms with Crippen LogP contribution in [0.25, 0.3) is 5.69 Å². The van der Waals surface area contributed by atoms with Crippen LogP contribution in [0.3, 0.4) is 0 Å². The van der Waals surface area contributed by atoms with Crippen molar-refractivity contribution in [3.8, 4) is 5.69 Å². The van der Waals surface area contributed by atoms with Gasteiger partial charge in [-0.2, -0.15) is 0 Å². The van der Waals surface area contributed by atoms with Crippen LogP contribution in [0.2, 0.25) is 0 Å². The van der Waals surface area contributed by atoms with Gasteiger partial charge in [-0.25, -0.2) is 13.8 Å². The number of hydrogen-bond donors (Lipinski definition) is 3.